The number of piperidine rings is 1. The second-order valence-electron chi connectivity index (χ2n) is 7.19. The summed E-state index contributed by atoms with van der Waals surface area (Å²) in [6.07, 6.45) is 1.81. The minimum atomic E-state index is -3.46. The van der Waals surface area contributed by atoms with E-state index in [0.29, 0.717) is 24.7 Å². The van der Waals surface area contributed by atoms with Crippen LogP contribution >= 0.6 is 0 Å². The van der Waals surface area contributed by atoms with Crippen LogP contribution in [-0.4, -0.2) is 37.7 Å². The molecule has 2 amide bonds. The number of nitrogens with one attached hydrogen (secondary N) is 1. The highest BCUT2D eigenvalue weighted by Crippen LogP contribution is 2.29. The molecule has 1 aliphatic rings. The minimum Gasteiger partial charge on any atom is -0.324 e. The van der Waals surface area contributed by atoms with Crippen LogP contribution < -0.4 is 5.32 Å². The van der Waals surface area contributed by atoms with E-state index in [4.69, 9.17) is 0 Å². The summed E-state index contributed by atoms with van der Waals surface area (Å²) in [6.45, 7) is 4.60. The average molecular weight is 387 g/mol. The normalized spacial score (nSPS) is 15.7. The van der Waals surface area contributed by atoms with E-state index < -0.39 is 15.1 Å². The molecule has 1 N–H and O–H groups in total. The predicted molar refractivity (Wildman–Crippen MR) is 108 cm³/mol. The van der Waals surface area contributed by atoms with E-state index in [1.807, 2.05) is 18.2 Å². The summed E-state index contributed by atoms with van der Waals surface area (Å²) in [5.74, 6) is 0.462. The number of benzene rings is 2. The summed E-state index contributed by atoms with van der Waals surface area (Å²) in [5, 5.41) is 2.26. The van der Waals surface area contributed by atoms with E-state index in [0.717, 1.165) is 12.8 Å². The first kappa shape index (κ1) is 19.4. The molecule has 6 heteroatoms. The van der Waals surface area contributed by atoms with Crippen LogP contribution in [0.15, 0.2) is 59.5 Å². The molecule has 0 spiro atoms. The van der Waals surface area contributed by atoms with Gasteiger partial charge in [-0.1, -0.05) is 42.5 Å². The van der Waals surface area contributed by atoms with Gasteiger partial charge in [0.2, 0.25) is 0 Å². The number of carbonyl (C=O) groups is 1. The van der Waals surface area contributed by atoms with Gasteiger partial charge in [-0.3, -0.25) is 0 Å². The number of carbonyl (C=O) groups excluding carboxylic acids is 1. The second kappa shape index (κ2) is 8.13. The molecule has 1 heterocycles. The Bertz CT molecular complexity index is 887. The van der Waals surface area contributed by atoms with E-state index in [1.54, 1.807) is 43.0 Å². The Labute approximate surface area is 161 Å². The van der Waals surface area contributed by atoms with Crippen molar-refractivity contribution in [2.24, 2.45) is 0 Å². The van der Waals surface area contributed by atoms with Gasteiger partial charge in [0, 0.05) is 13.1 Å². The molecule has 1 saturated heterocycles. The summed E-state index contributed by atoms with van der Waals surface area (Å²) >= 11 is 0. The Kier molecular flexibility index (Phi) is 5.85. The van der Waals surface area contributed by atoms with Crippen molar-refractivity contribution in [3.05, 3.63) is 60.2 Å². The minimum absolute atomic E-state index is 0.174. The zero-order valence-electron chi connectivity index (χ0n) is 15.8. The van der Waals surface area contributed by atoms with Gasteiger partial charge in [-0.2, -0.15) is 0 Å². The molecule has 0 aromatic heterocycles. The van der Waals surface area contributed by atoms with Crippen molar-refractivity contribution in [2.75, 3.05) is 18.4 Å². The van der Waals surface area contributed by atoms with Gasteiger partial charge in [0.05, 0.1) is 15.8 Å². The quantitative estimate of drug-likeness (QED) is 0.853. The fourth-order valence-electron chi connectivity index (χ4n) is 3.41. The van der Waals surface area contributed by atoms with Gasteiger partial charge in [0.25, 0.3) is 0 Å². The van der Waals surface area contributed by atoms with Gasteiger partial charge in [0.1, 0.15) is 0 Å². The molecule has 5 nitrogen and oxygen atoms in total. The molecule has 1 fully saturated rings. The van der Waals surface area contributed by atoms with E-state index >= 15 is 0 Å². The van der Waals surface area contributed by atoms with Crippen molar-refractivity contribution < 1.29 is 13.2 Å². The summed E-state index contributed by atoms with van der Waals surface area (Å²) < 4.78 is 25.1. The highest BCUT2D eigenvalue weighted by molar-refractivity contribution is 7.92. The Hall–Kier alpha value is -2.34. The molecule has 2 aromatic carbocycles. The number of anilines is 1. The molecule has 3 rings (SSSR count). The summed E-state index contributed by atoms with van der Waals surface area (Å²) in [4.78, 5) is 14.6. The smallest absolute Gasteiger partial charge is 0.321 e. The zero-order valence-corrected chi connectivity index (χ0v) is 16.6. The highest BCUT2D eigenvalue weighted by Gasteiger charge is 2.26. The van der Waals surface area contributed by atoms with Crippen molar-refractivity contribution in [2.45, 2.75) is 42.8 Å². The number of para-hydroxylation sites is 1. The van der Waals surface area contributed by atoms with E-state index in [-0.39, 0.29) is 10.9 Å². The monoisotopic (exact) mass is 386 g/mol. The molecule has 1 aliphatic heterocycles. The van der Waals surface area contributed by atoms with E-state index in [9.17, 15) is 13.2 Å². The summed E-state index contributed by atoms with van der Waals surface area (Å²) in [7, 11) is -3.46. The number of hydrogen-bond acceptors (Lipinski definition) is 3. The predicted octanol–water partition coefficient (Wildman–Crippen LogP) is 4.28. The van der Waals surface area contributed by atoms with E-state index in [2.05, 4.69) is 17.4 Å². The topological polar surface area (TPSA) is 66.5 Å². The molecule has 27 heavy (non-hydrogen) atoms. The SMILES string of the molecule is CC(C)S(=O)(=O)c1ccccc1NC(=O)N1CCC(c2ccccc2)CC1. The van der Waals surface area contributed by atoms with Crippen LogP contribution in [0.3, 0.4) is 0 Å². The lowest BCUT2D eigenvalue weighted by molar-refractivity contribution is 0.194. The maximum absolute atomic E-state index is 12.7. The van der Waals surface area contributed by atoms with Gasteiger partial charge >= 0.3 is 6.03 Å². The van der Waals surface area contributed by atoms with Crippen LogP contribution in [0.5, 0.6) is 0 Å². The molecule has 0 radical (unpaired) electrons. The third kappa shape index (κ3) is 4.33. The lowest BCUT2D eigenvalue weighted by atomic mass is 9.90. The largest absolute Gasteiger partial charge is 0.324 e. The second-order valence-corrected chi connectivity index (χ2v) is 9.66. The summed E-state index contributed by atoms with van der Waals surface area (Å²) in [6, 6.07) is 16.7. The van der Waals surface area contributed by atoms with Crippen molar-refractivity contribution in [3.8, 4) is 0 Å². The Balaban J connectivity index is 1.67. The molecule has 2 aromatic rings. The molecule has 0 saturated carbocycles. The molecule has 0 aliphatic carbocycles. The maximum Gasteiger partial charge on any atom is 0.321 e. The molecule has 144 valence electrons. The fraction of sp³-hybridized carbons (Fsp3) is 0.381. The number of sulfone groups is 1. The van der Waals surface area contributed by atoms with Crippen LogP contribution in [0.1, 0.15) is 38.2 Å². The highest BCUT2D eigenvalue weighted by atomic mass is 32.2. The Morgan fingerprint density at radius 1 is 1.00 bits per heavy atom. The van der Waals surface area contributed by atoms with Gasteiger partial charge < -0.3 is 10.2 Å². The summed E-state index contributed by atoms with van der Waals surface area (Å²) in [5.41, 5.74) is 1.66. The van der Waals surface area contributed by atoms with Crippen LogP contribution in [0.2, 0.25) is 0 Å². The number of likely N-dealkylation sites (tertiary alicyclic amines) is 1. The van der Waals surface area contributed by atoms with Crippen molar-refractivity contribution >= 4 is 21.6 Å². The fourth-order valence-corrected chi connectivity index (χ4v) is 4.61. The molecule has 0 atom stereocenters. The first-order valence-electron chi connectivity index (χ1n) is 9.33. The third-order valence-electron chi connectivity index (χ3n) is 5.11. The van der Waals surface area contributed by atoms with Gasteiger partial charge in [-0.05, 0) is 50.3 Å². The van der Waals surface area contributed by atoms with Gasteiger partial charge in [-0.15, -0.1) is 0 Å². The van der Waals surface area contributed by atoms with Crippen molar-refractivity contribution in [1.29, 1.82) is 0 Å². The number of rotatable bonds is 4. The van der Waals surface area contributed by atoms with E-state index in [1.165, 1.54) is 5.56 Å². The standard InChI is InChI=1S/C21H26N2O3S/c1-16(2)27(25,26)20-11-7-6-10-19(20)22-21(24)23-14-12-18(13-15-23)17-8-4-3-5-9-17/h3-11,16,18H,12-15H2,1-2H3,(H,22,24). The molecular formula is C21H26N2O3S. The first-order chi connectivity index (χ1) is 12.9. The van der Waals surface area contributed by atoms with Gasteiger partial charge in [0.15, 0.2) is 9.84 Å². The average Bonchev–Trinajstić information content (AvgIpc) is 2.69. The van der Waals surface area contributed by atoms with Crippen LogP contribution in [0, 0.1) is 0 Å². The molecule has 0 unspecified atom stereocenters. The lowest BCUT2D eigenvalue weighted by Crippen LogP contribution is -2.40. The number of urea groups is 1. The van der Waals surface area contributed by atoms with Crippen LogP contribution in [-0.2, 0) is 9.84 Å². The lowest BCUT2D eigenvalue weighted by Gasteiger charge is -2.32. The van der Waals surface area contributed by atoms with Crippen molar-refractivity contribution in [3.63, 3.8) is 0 Å². The van der Waals surface area contributed by atoms with Crippen LogP contribution in [0.25, 0.3) is 0 Å². The number of hydrogen-bond donors (Lipinski definition) is 1. The first-order valence-corrected chi connectivity index (χ1v) is 10.9. The Morgan fingerprint density at radius 2 is 1.59 bits per heavy atom. The number of amides is 2. The molecule has 0 bridgehead atoms. The number of nitrogens with zero attached hydrogens (tertiary/aromatic N) is 1. The maximum atomic E-state index is 12.7. The molecular weight excluding hydrogens is 360 g/mol. The zero-order chi connectivity index (χ0) is 19.4. The van der Waals surface area contributed by atoms with Crippen molar-refractivity contribution in [1.82, 2.24) is 4.90 Å². The van der Waals surface area contributed by atoms with Gasteiger partial charge in [-0.25, -0.2) is 13.2 Å². The third-order valence-corrected chi connectivity index (χ3v) is 7.32. The Morgan fingerprint density at radius 3 is 2.22 bits per heavy atom. The van der Waals surface area contributed by atoms with Crippen LogP contribution in [0.4, 0.5) is 10.5 Å².